The third kappa shape index (κ3) is 3.52. The second kappa shape index (κ2) is 7.48. The van der Waals surface area contributed by atoms with E-state index in [1.165, 1.54) is 0 Å². The van der Waals surface area contributed by atoms with Gasteiger partial charge in [0.15, 0.2) is 12.1 Å². The fourth-order valence-corrected chi connectivity index (χ4v) is 5.22. The van der Waals surface area contributed by atoms with Crippen LogP contribution in [0.15, 0.2) is 24.3 Å². The number of rotatable bonds is 4. The average Bonchev–Trinajstić information content (AvgIpc) is 2.75. The smallest absolute Gasteiger partial charge is 0.205 e. The van der Waals surface area contributed by atoms with Gasteiger partial charge in [-0.1, -0.05) is 13.3 Å². The van der Waals surface area contributed by atoms with Crippen molar-refractivity contribution in [3.05, 3.63) is 24.3 Å². The molecule has 7 atom stereocenters. The van der Waals surface area contributed by atoms with Crippen LogP contribution < -0.4 is 9.47 Å². The fourth-order valence-electron chi connectivity index (χ4n) is 5.22. The molecule has 28 heavy (non-hydrogen) atoms. The molecule has 4 rings (SSSR count). The molecule has 0 radical (unpaired) electrons. The maximum Gasteiger partial charge on any atom is 0.205 e. The van der Waals surface area contributed by atoms with E-state index in [1.807, 2.05) is 31.2 Å². The summed E-state index contributed by atoms with van der Waals surface area (Å²) in [6.07, 6.45) is 2.67. The summed E-state index contributed by atoms with van der Waals surface area (Å²) in [5.41, 5.74) is -1.09. The molecule has 156 valence electrons. The summed E-state index contributed by atoms with van der Waals surface area (Å²) >= 11 is 0. The molecule has 6 nitrogen and oxygen atoms in total. The lowest BCUT2D eigenvalue weighted by atomic mass is 9.61. The predicted molar refractivity (Wildman–Crippen MR) is 103 cm³/mol. The van der Waals surface area contributed by atoms with Gasteiger partial charge in [0.05, 0.1) is 6.61 Å². The Hall–Kier alpha value is -1.34. The highest BCUT2D eigenvalue weighted by molar-refractivity contribution is 5.31. The highest BCUT2D eigenvalue weighted by Gasteiger charge is 2.62. The van der Waals surface area contributed by atoms with Crippen molar-refractivity contribution in [2.45, 2.75) is 76.8 Å². The van der Waals surface area contributed by atoms with Gasteiger partial charge < -0.3 is 29.2 Å². The van der Waals surface area contributed by atoms with Crippen LogP contribution in [0.25, 0.3) is 0 Å². The van der Waals surface area contributed by atoms with Crippen molar-refractivity contribution in [2.24, 2.45) is 17.8 Å². The Labute approximate surface area is 166 Å². The molecule has 1 aromatic rings. The molecule has 0 bridgehead atoms. The minimum absolute atomic E-state index is 0.00210. The molecule has 0 amide bonds. The first-order valence-electron chi connectivity index (χ1n) is 10.5. The van der Waals surface area contributed by atoms with E-state index in [9.17, 15) is 10.2 Å². The summed E-state index contributed by atoms with van der Waals surface area (Å²) in [4.78, 5) is 0. The van der Waals surface area contributed by atoms with Crippen molar-refractivity contribution in [2.75, 3.05) is 6.61 Å². The standard InChI is InChI=1S/C22H32O6/c1-4-25-16-8-10-17(11-9-16)26-19-14(2)18-7-5-6-15-12-13-21(3,23)28-20(27-19)22(15,18)24/h8-11,14-15,18-20,23-24H,4-7,12-13H2,1-3H3/t14-,15?,18?,19?,20-,21?,22-/m1/s1. The molecule has 3 aliphatic rings. The topological polar surface area (TPSA) is 77.4 Å². The lowest BCUT2D eigenvalue weighted by Crippen LogP contribution is -2.66. The zero-order valence-electron chi connectivity index (χ0n) is 17.0. The van der Waals surface area contributed by atoms with Gasteiger partial charge >= 0.3 is 0 Å². The van der Waals surface area contributed by atoms with Gasteiger partial charge in [0.1, 0.15) is 17.1 Å². The third-order valence-electron chi connectivity index (χ3n) is 6.72. The van der Waals surface area contributed by atoms with Crippen LogP contribution in [0.1, 0.15) is 52.9 Å². The first kappa shape index (κ1) is 20.0. The van der Waals surface area contributed by atoms with Crippen LogP contribution in [0.3, 0.4) is 0 Å². The summed E-state index contributed by atoms with van der Waals surface area (Å²) in [5, 5.41) is 22.3. The Balaban J connectivity index is 1.57. The number of hydrogen-bond acceptors (Lipinski definition) is 6. The average molecular weight is 392 g/mol. The fraction of sp³-hybridized carbons (Fsp3) is 0.727. The van der Waals surface area contributed by atoms with Crippen LogP contribution in [0.4, 0.5) is 0 Å². The molecule has 4 unspecified atom stereocenters. The normalized spacial score (nSPS) is 43.0. The lowest BCUT2D eigenvalue weighted by molar-refractivity contribution is -0.396. The summed E-state index contributed by atoms with van der Waals surface area (Å²) in [5.74, 6) is 0.235. The van der Waals surface area contributed by atoms with E-state index in [1.54, 1.807) is 6.92 Å². The second-order valence-electron chi connectivity index (χ2n) is 8.67. The van der Waals surface area contributed by atoms with Crippen LogP contribution in [0.5, 0.6) is 11.5 Å². The van der Waals surface area contributed by atoms with Gasteiger partial charge in [-0.3, -0.25) is 0 Å². The van der Waals surface area contributed by atoms with Gasteiger partial charge in [-0.2, -0.15) is 0 Å². The molecule has 3 fully saturated rings. The number of benzene rings is 1. The minimum Gasteiger partial charge on any atom is -0.494 e. The Morgan fingerprint density at radius 3 is 2.54 bits per heavy atom. The maximum atomic E-state index is 11.7. The van der Waals surface area contributed by atoms with Gasteiger partial charge in [0, 0.05) is 18.3 Å². The van der Waals surface area contributed by atoms with Crippen LogP contribution in [0, 0.1) is 17.8 Å². The van der Waals surface area contributed by atoms with E-state index >= 15 is 0 Å². The maximum absolute atomic E-state index is 11.7. The highest BCUT2D eigenvalue weighted by Crippen LogP contribution is 2.54. The Morgan fingerprint density at radius 2 is 1.82 bits per heavy atom. The molecule has 2 N–H and O–H groups in total. The van der Waals surface area contributed by atoms with Gasteiger partial charge in [-0.05, 0) is 63.3 Å². The Bertz CT molecular complexity index is 674. The van der Waals surface area contributed by atoms with Crippen LogP contribution >= 0.6 is 0 Å². The van der Waals surface area contributed by atoms with Gasteiger partial charge in [-0.15, -0.1) is 0 Å². The van der Waals surface area contributed by atoms with Crippen molar-refractivity contribution in [3.63, 3.8) is 0 Å². The molecular formula is C22H32O6. The van der Waals surface area contributed by atoms with Crippen LogP contribution in [-0.4, -0.2) is 40.8 Å². The van der Waals surface area contributed by atoms with E-state index in [0.29, 0.717) is 18.8 Å². The molecule has 1 saturated carbocycles. The van der Waals surface area contributed by atoms with Crippen molar-refractivity contribution < 1.29 is 29.2 Å². The zero-order valence-corrected chi connectivity index (χ0v) is 17.0. The number of ether oxygens (including phenoxy) is 4. The summed E-state index contributed by atoms with van der Waals surface area (Å²) < 4.78 is 23.7. The van der Waals surface area contributed by atoms with Crippen molar-refractivity contribution in [3.8, 4) is 11.5 Å². The van der Waals surface area contributed by atoms with E-state index < -0.39 is 24.0 Å². The summed E-state index contributed by atoms with van der Waals surface area (Å²) in [6, 6.07) is 7.45. The molecule has 2 heterocycles. The molecule has 1 aliphatic carbocycles. The van der Waals surface area contributed by atoms with Crippen molar-refractivity contribution in [1.82, 2.24) is 0 Å². The van der Waals surface area contributed by atoms with Gasteiger partial charge in [0.2, 0.25) is 6.29 Å². The molecular weight excluding hydrogens is 360 g/mol. The Kier molecular flexibility index (Phi) is 5.33. The molecule has 2 saturated heterocycles. The van der Waals surface area contributed by atoms with Crippen LogP contribution in [0.2, 0.25) is 0 Å². The molecule has 2 aliphatic heterocycles. The lowest BCUT2D eigenvalue weighted by Gasteiger charge is -2.55. The first-order chi connectivity index (χ1) is 13.3. The largest absolute Gasteiger partial charge is 0.494 e. The SMILES string of the molecule is CCOc1ccc(OC2O[C@@H]3OC(C)(O)CCC4CCCC([C@H]2C)[C@]43O)cc1. The quantitative estimate of drug-likeness (QED) is 0.817. The highest BCUT2D eigenvalue weighted by atomic mass is 16.8. The number of aliphatic hydroxyl groups is 2. The van der Waals surface area contributed by atoms with E-state index in [0.717, 1.165) is 31.4 Å². The van der Waals surface area contributed by atoms with Gasteiger partial charge in [0.25, 0.3) is 0 Å². The molecule has 0 aromatic heterocycles. The zero-order chi connectivity index (χ0) is 19.9. The van der Waals surface area contributed by atoms with Gasteiger partial charge in [-0.25, -0.2) is 0 Å². The van der Waals surface area contributed by atoms with E-state index in [-0.39, 0.29) is 17.8 Å². The summed E-state index contributed by atoms with van der Waals surface area (Å²) in [7, 11) is 0. The minimum atomic E-state index is -1.31. The van der Waals surface area contributed by atoms with E-state index in [4.69, 9.17) is 18.9 Å². The number of hydrogen-bond donors (Lipinski definition) is 2. The predicted octanol–water partition coefficient (Wildman–Crippen LogP) is 3.45. The molecule has 0 spiro atoms. The third-order valence-corrected chi connectivity index (χ3v) is 6.72. The summed E-state index contributed by atoms with van der Waals surface area (Å²) in [6.45, 7) is 6.28. The second-order valence-corrected chi connectivity index (χ2v) is 8.67. The monoisotopic (exact) mass is 392 g/mol. The molecule has 6 heteroatoms. The molecule has 1 aromatic carbocycles. The first-order valence-corrected chi connectivity index (χ1v) is 10.5. The van der Waals surface area contributed by atoms with Crippen LogP contribution in [-0.2, 0) is 9.47 Å². The van der Waals surface area contributed by atoms with E-state index in [2.05, 4.69) is 6.92 Å². The van der Waals surface area contributed by atoms with Crippen molar-refractivity contribution >= 4 is 0 Å². The Morgan fingerprint density at radius 1 is 1.11 bits per heavy atom. The van der Waals surface area contributed by atoms with Crippen molar-refractivity contribution in [1.29, 1.82) is 0 Å².